The molecular weight excluding hydrogens is 308 g/mol. The van der Waals surface area contributed by atoms with Crippen LogP contribution in [-0.4, -0.2) is 11.9 Å². The Balaban J connectivity index is 2.05. The maximum Gasteiger partial charge on any atom is 0.386 e. The third-order valence-electron chi connectivity index (χ3n) is 2.39. The van der Waals surface area contributed by atoms with E-state index in [4.69, 9.17) is 0 Å². The van der Waals surface area contributed by atoms with Crippen LogP contribution in [-0.2, 0) is 9.78 Å². The Kier molecular flexibility index (Phi) is 4.40. The van der Waals surface area contributed by atoms with Gasteiger partial charge in [0.1, 0.15) is 23.3 Å². The maximum atomic E-state index is 12.9. The van der Waals surface area contributed by atoms with E-state index in [-0.39, 0.29) is 0 Å². The summed E-state index contributed by atoms with van der Waals surface area (Å²) in [6, 6.07) is 3.67. The van der Waals surface area contributed by atoms with E-state index in [1.54, 1.807) is 0 Å². The zero-order chi connectivity index (χ0) is 16.3. The van der Waals surface area contributed by atoms with Gasteiger partial charge in [0.2, 0.25) is 0 Å². The van der Waals surface area contributed by atoms with Crippen LogP contribution in [0, 0.1) is 23.3 Å². The lowest BCUT2D eigenvalue weighted by molar-refractivity contribution is -0.187. The Bertz CT molecular complexity index is 642. The lowest BCUT2D eigenvalue weighted by Crippen LogP contribution is -2.12. The van der Waals surface area contributed by atoms with E-state index in [0.29, 0.717) is 36.4 Å². The van der Waals surface area contributed by atoms with Crippen molar-refractivity contribution in [3.8, 4) is 0 Å². The van der Waals surface area contributed by atoms with Crippen LogP contribution in [0.1, 0.15) is 20.7 Å². The standard InChI is InChI=1S/C14H6F4O4/c15-9-1-7(2-10(16)5-9)13(19)21-22-14(20)8-3-11(17)6-12(18)4-8/h1-6H. The molecule has 0 radical (unpaired) electrons. The Morgan fingerprint density at radius 1 is 0.591 bits per heavy atom. The van der Waals surface area contributed by atoms with Gasteiger partial charge in [0, 0.05) is 12.1 Å². The zero-order valence-electron chi connectivity index (χ0n) is 10.6. The molecular formula is C14H6F4O4. The van der Waals surface area contributed by atoms with E-state index in [0.717, 1.165) is 0 Å². The topological polar surface area (TPSA) is 52.6 Å². The van der Waals surface area contributed by atoms with Gasteiger partial charge in [-0.25, -0.2) is 36.9 Å². The second-order valence-corrected chi connectivity index (χ2v) is 4.06. The molecule has 0 aliphatic rings. The van der Waals surface area contributed by atoms with Crippen molar-refractivity contribution in [1.29, 1.82) is 0 Å². The SMILES string of the molecule is O=C(OOC(=O)c1cc(F)cc(F)c1)c1cc(F)cc(F)c1. The predicted octanol–water partition coefficient (Wildman–Crippen LogP) is 3.17. The molecule has 0 fully saturated rings. The Morgan fingerprint density at radius 2 is 0.864 bits per heavy atom. The quantitative estimate of drug-likeness (QED) is 0.485. The molecule has 0 N–H and O–H groups in total. The average Bonchev–Trinajstić information content (AvgIpc) is 2.42. The minimum Gasteiger partial charge on any atom is -0.242 e. The number of rotatable bonds is 2. The second-order valence-electron chi connectivity index (χ2n) is 4.06. The molecule has 114 valence electrons. The summed E-state index contributed by atoms with van der Waals surface area (Å²) in [6.45, 7) is 0. The predicted molar refractivity (Wildman–Crippen MR) is 63.5 cm³/mol. The van der Waals surface area contributed by atoms with Gasteiger partial charge < -0.3 is 0 Å². The van der Waals surface area contributed by atoms with Gasteiger partial charge in [0.25, 0.3) is 0 Å². The highest BCUT2D eigenvalue weighted by molar-refractivity contribution is 5.92. The first kappa shape index (κ1) is 15.5. The van der Waals surface area contributed by atoms with Crippen LogP contribution < -0.4 is 0 Å². The molecule has 2 aromatic rings. The van der Waals surface area contributed by atoms with Crippen molar-refractivity contribution in [1.82, 2.24) is 0 Å². The van der Waals surface area contributed by atoms with Crippen molar-refractivity contribution in [2.75, 3.05) is 0 Å². The lowest BCUT2D eigenvalue weighted by atomic mass is 10.2. The normalized spacial score (nSPS) is 10.2. The fourth-order valence-corrected chi connectivity index (χ4v) is 1.52. The van der Waals surface area contributed by atoms with Crippen molar-refractivity contribution >= 4 is 11.9 Å². The first-order valence-corrected chi connectivity index (χ1v) is 5.70. The molecule has 4 nitrogen and oxygen atoms in total. The van der Waals surface area contributed by atoms with E-state index < -0.39 is 46.3 Å². The van der Waals surface area contributed by atoms with Gasteiger partial charge >= 0.3 is 11.9 Å². The highest BCUT2D eigenvalue weighted by atomic mass is 19.1. The minimum atomic E-state index is -1.36. The molecule has 0 aliphatic heterocycles. The molecule has 0 amide bonds. The molecule has 0 heterocycles. The fourth-order valence-electron chi connectivity index (χ4n) is 1.52. The van der Waals surface area contributed by atoms with Gasteiger partial charge in [0.05, 0.1) is 11.1 Å². The van der Waals surface area contributed by atoms with E-state index in [1.165, 1.54) is 0 Å². The third-order valence-corrected chi connectivity index (χ3v) is 2.39. The molecule has 0 saturated heterocycles. The summed E-state index contributed by atoms with van der Waals surface area (Å²) in [5, 5.41) is 0. The summed E-state index contributed by atoms with van der Waals surface area (Å²) < 4.78 is 51.6. The van der Waals surface area contributed by atoms with Gasteiger partial charge in [0.15, 0.2) is 0 Å². The van der Waals surface area contributed by atoms with Crippen LogP contribution in [0.2, 0.25) is 0 Å². The van der Waals surface area contributed by atoms with Gasteiger partial charge in [-0.05, 0) is 24.3 Å². The van der Waals surface area contributed by atoms with Gasteiger partial charge in [-0.1, -0.05) is 0 Å². The van der Waals surface area contributed by atoms with Gasteiger partial charge in [-0.15, -0.1) is 0 Å². The van der Waals surface area contributed by atoms with E-state index in [1.807, 2.05) is 0 Å². The summed E-state index contributed by atoms with van der Waals surface area (Å²) in [5.74, 6) is -6.86. The molecule has 2 aromatic carbocycles. The zero-order valence-corrected chi connectivity index (χ0v) is 10.6. The Morgan fingerprint density at radius 3 is 1.14 bits per heavy atom. The number of hydrogen-bond acceptors (Lipinski definition) is 4. The number of carbonyl (C=O) groups excluding carboxylic acids is 2. The average molecular weight is 314 g/mol. The molecule has 8 heteroatoms. The molecule has 2 rings (SSSR count). The van der Waals surface area contributed by atoms with Crippen LogP contribution in [0.15, 0.2) is 36.4 Å². The fraction of sp³-hybridized carbons (Fsp3) is 0. The van der Waals surface area contributed by atoms with Crippen LogP contribution in [0.25, 0.3) is 0 Å². The molecule has 0 aliphatic carbocycles. The monoisotopic (exact) mass is 314 g/mol. The van der Waals surface area contributed by atoms with Gasteiger partial charge in [-0.2, -0.15) is 0 Å². The Hall–Kier alpha value is -2.90. The van der Waals surface area contributed by atoms with Crippen molar-refractivity contribution < 1.29 is 36.9 Å². The highest BCUT2D eigenvalue weighted by Gasteiger charge is 2.17. The van der Waals surface area contributed by atoms with Crippen molar-refractivity contribution in [3.05, 3.63) is 70.8 Å². The summed E-state index contributed by atoms with van der Waals surface area (Å²) in [7, 11) is 0. The Labute approximate surface area is 120 Å². The van der Waals surface area contributed by atoms with Crippen LogP contribution in [0.5, 0.6) is 0 Å². The molecule has 0 saturated carbocycles. The third kappa shape index (κ3) is 3.81. The highest BCUT2D eigenvalue weighted by Crippen LogP contribution is 2.12. The van der Waals surface area contributed by atoms with E-state index in [9.17, 15) is 27.2 Å². The first-order chi connectivity index (χ1) is 10.3. The summed E-state index contributed by atoms with van der Waals surface area (Å²) in [6.07, 6.45) is 0. The van der Waals surface area contributed by atoms with E-state index >= 15 is 0 Å². The molecule has 22 heavy (non-hydrogen) atoms. The summed E-state index contributed by atoms with van der Waals surface area (Å²) in [5.41, 5.74) is -1.09. The minimum absolute atomic E-state index is 0.526. The summed E-state index contributed by atoms with van der Waals surface area (Å²) in [4.78, 5) is 31.0. The summed E-state index contributed by atoms with van der Waals surface area (Å²) >= 11 is 0. The maximum absolute atomic E-state index is 12.9. The molecule has 0 spiro atoms. The van der Waals surface area contributed by atoms with Crippen LogP contribution in [0.4, 0.5) is 17.6 Å². The van der Waals surface area contributed by atoms with Crippen molar-refractivity contribution in [2.45, 2.75) is 0 Å². The number of carbonyl (C=O) groups is 2. The first-order valence-electron chi connectivity index (χ1n) is 5.70. The van der Waals surface area contributed by atoms with E-state index in [2.05, 4.69) is 9.78 Å². The smallest absolute Gasteiger partial charge is 0.242 e. The molecule has 0 atom stereocenters. The number of halogens is 4. The molecule has 0 bridgehead atoms. The lowest BCUT2D eigenvalue weighted by Gasteiger charge is -2.04. The van der Waals surface area contributed by atoms with Crippen molar-refractivity contribution in [3.63, 3.8) is 0 Å². The second kappa shape index (κ2) is 6.25. The van der Waals surface area contributed by atoms with Gasteiger partial charge in [-0.3, -0.25) is 0 Å². The van der Waals surface area contributed by atoms with Crippen molar-refractivity contribution in [2.24, 2.45) is 0 Å². The van der Waals surface area contributed by atoms with Crippen LogP contribution >= 0.6 is 0 Å². The van der Waals surface area contributed by atoms with Crippen LogP contribution in [0.3, 0.4) is 0 Å². The number of benzene rings is 2. The molecule has 0 aromatic heterocycles. The number of hydrogen-bond donors (Lipinski definition) is 0. The largest absolute Gasteiger partial charge is 0.386 e. The molecule has 0 unspecified atom stereocenters.